The lowest BCUT2D eigenvalue weighted by atomic mass is 10.1. The first-order valence-corrected chi connectivity index (χ1v) is 13.9. The molecule has 10 nitrogen and oxygen atoms in total. The summed E-state index contributed by atoms with van der Waals surface area (Å²) >= 11 is 1.69. The maximum Gasteiger partial charge on any atom is 0.211 e. The van der Waals surface area contributed by atoms with E-state index in [1.807, 2.05) is 12.1 Å². The number of ether oxygens (including phenoxy) is 1. The molecule has 2 saturated heterocycles. The molecule has 2 aliphatic rings. The summed E-state index contributed by atoms with van der Waals surface area (Å²) in [6.07, 6.45) is 1.27. The maximum atomic E-state index is 11.8. The Morgan fingerprint density at radius 1 is 1.06 bits per heavy atom. The van der Waals surface area contributed by atoms with Crippen molar-refractivity contribution >= 4 is 48.8 Å². The van der Waals surface area contributed by atoms with Crippen LogP contribution in [0.25, 0.3) is 21.6 Å². The van der Waals surface area contributed by atoms with Gasteiger partial charge >= 0.3 is 0 Å². The number of piperazine rings is 1. The first-order valence-electron chi connectivity index (χ1n) is 11.2. The van der Waals surface area contributed by atoms with Gasteiger partial charge in [-0.2, -0.15) is 4.31 Å². The van der Waals surface area contributed by atoms with Gasteiger partial charge in [-0.25, -0.2) is 18.4 Å². The lowest BCUT2D eigenvalue weighted by Gasteiger charge is -2.32. The minimum Gasteiger partial charge on any atom is -0.397 e. The van der Waals surface area contributed by atoms with E-state index in [0.29, 0.717) is 56.6 Å². The molecule has 12 heteroatoms. The van der Waals surface area contributed by atoms with Crippen LogP contribution in [-0.4, -0.2) is 86.3 Å². The van der Waals surface area contributed by atoms with Crippen LogP contribution in [0, 0.1) is 0 Å². The predicted molar refractivity (Wildman–Crippen MR) is 136 cm³/mol. The fourth-order valence-corrected chi connectivity index (χ4v) is 6.35. The summed E-state index contributed by atoms with van der Waals surface area (Å²) in [7, 11) is -3.14. The molecule has 0 amide bonds. The molecule has 0 spiro atoms. The van der Waals surface area contributed by atoms with Gasteiger partial charge < -0.3 is 21.1 Å². The number of benzene rings is 1. The molecule has 0 bridgehead atoms. The quantitative estimate of drug-likeness (QED) is 0.497. The van der Waals surface area contributed by atoms with Crippen molar-refractivity contribution in [1.29, 1.82) is 0 Å². The Balaban J connectivity index is 1.48. The van der Waals surface area contributed by atoms with E-state index in [9.17, 15) is 8.42 Å². The smallest absolute Gasteiger partial charge is 0.211 e. The van der Waals surface area contributed by atoms with Crippen molar-refractivity contribution in [2.24, 2.45) is 0 Å². The molecule has 2 aromatic heterocycles. The highest BCUT2D eigenvalue weighted by molar-refractivity contribution is 7.88. The first-order chi connectivity index (χ1) is 16.3. The normalized spacial score (nSPS) is 18.6. The molecular formula is C22H29N7O3S2. The summed E-state index contributed by atoms with van der Waals surface area (Å²) in [4.78, 5) is 15.5. The van der Waals surface area contributed by atoms with E-state index < -0.39 is 10.0 Å². The zero-order valence-corrected chi connectivity index (χ0v) is 20.7. The number of nitrogen functional groups attached to an aromatic ring is 2. The molecule has 2 fully saturated rings. The van der Waals surface area contributed by atoms with Crippen molar-refractivity contribution in [3.63, 3.8) is 0 Å². The van der Waals surface area contributed by atoms with E-state index in [0.717, 1.165) is 41.2 Å². The summed E-state index contributed by atoms with van der Waals surface area (Å²) in [5.41, 5.74) is 14.9. The largest absolute Gasteiger partial charge is 0.397 e. The third-order valence-electron chi connectivity index (χ3n) is 6.28. The Morgan fingerprint density at radius 3 is 2.50 bits per heavy atom. The van der Waals surface area contributed by atoms with E-state index in [1.165, 1.54) is 11.1 Å². The minimum absolute atomic E-state index is 0.481. The van der Waals surface area contributed by atoms with Gasteiger partial charge in [0.2, 0.25) is 10.0 Å². The van der Waals surface area contributed by atoms with Crippen LogP contribution < -0.4 is 16.4 Å². The topological polar surface area (TPSA) is 131 Å². The fourth-order valence-electron chi connectivity index (χ4n) is 4.37. The second-order valence-corrected chi connectivity index (χ2v) is 11.8. The van der Waals surface area contributed by atoms with Crippen LogP contribution in [0.2, 0.25) is 0 Å². The lowest BCUT2D eigenvalue weighted by Crippen LogP contribution is -2.47. The second-order valence-electron chi connectivity index (χ2n) is 8.64. The van der Waals surface area contributed by atoms with E-state index >= 15 is 0 Å². The van der Waals surface area contributed by atoms with Gasteiger partial charge in [0.05, 0.1) is 41.1 Å². The first kappa shape index (κ1) is 23.2. The van der Waals surface area contributed by atoms with Gasteiger partial charge in [0, 0.05) is 56.3 Å². The molecule has 4 heterocycles. The Bertz CT molecular complexity index is 1300. The molecule has 3 aromatic rings. The standard InChI is InChI=1S/C22H29N7O3S2/c1-34(30,31)29-7-5-27(6-8-29)14-15-13-18-20(33-15)22(28-9-11-32-12-10-28)26-21(25-18)16-3-2-4-17(23)19(16)24/h2-4,13H,5-12,14,23-24H2,1H3. The SMILES string of the molecule is CS(=O)(=O)N1CCN(Cc2cc3nc(-c4cccc(N)c4N)nc(N4CCOCC4)c3s2)CC1. The summed E-state index contributed by atoms with van der Waals surface area (Å²) in [6, 6.07) is 7.63. The van der Waals surface area contributed by atoms with Crippen molar-refractivity contribution in [2.75, 3.05) is 75.1 Å². The third kappa shape index (κ3) is 4.68. The second kappa shape index (κ2) is 9.27. The van der Waals surface area contributed by atoms with E-state index in [1.54, 1.807) is 21.7 Å². The number of rotatable bonds is 5. The van der Waals surface area contributed by atoms with Crippen molar-refractivity contribution in [1.82, 2.24) is 19.2 Å². The van der Waals surface area contributed by atoms with Crippen molar-refractivity contribution in [3.8, 4) is 11.4 Å². The highest BCUT2D eigenvalue weighted by Crippen LogP contribution is 2.37. The zero-order chi connectivity index (χ0) is 23.9. The van der Waals surface area contributed by atoms with Crippen LogP contribution in [0.1, 0.15) is 4.88 Å². The van der Waals surface area contributed by atoms with Gasteiger partial charge in [0.15, 0.2) is 11.6 Å². The molecule has 0 atom stereocenters. The van der Waals surface area contributed by atoms with Crippen LogP contribution in [0.5, 0.6) is 0 Å². The Hall–Kier alpha value is -2.51. The number of nitrogens with zero attached hydrogens (tertiary/aromatic N) is 5. The molecule has 2 aliphatic heterocycles. The number of para-hydroxylation sites is 1. The highest BCUT2D eigenvalue weighted by atomic mass is 32.2. The van der Waals surface area contributed by atoms with Crippen LogP contribution >= 0.6 is 11.3 Å². The lowest BCUT2D eigenvalue weighted by molar-refractivity contribution is 0.122. The van der Waals surface area contributed by atoms with Crippen LogP contribution in [-0.2, 0) is 21.3 Å². The molecule has 0 unspecified atom stereocenters. The molecule has 4 N–H and O–H groups in total. The van der Waals surface area contributed by atoms with Gasteiger partial charge in [-0.05, 0) is 18.2 Å². The number of anilines is 3. The van der Waals surface area contributed by atoms with Gasteiger partial charge in [0.1, 0.15) is 0 Å². The van der Waals surface area contributed by atoms with Crippen molar-refractivity contribution in [3.05, 3.63) is 29.1 Å². The molecule has 0 radical (unpaired) electrons. The van der Waals surface area contributed by atoms with Crippen LogP contribution in [0.15, 0.2) is 24.3 Å². The Kier molecular flexibility index (Phi) is 6.34. The summed E-state index contributed by atoms with van der Waals surface area (Å²) in [5.74, 6) is 1.45. The number of sulfonamides is 1. The Morgan fingerprint density at radius 2 is 1.79 bits per heavy atom. The molecule has 0 saturated carbocycles. The molecule has 5 rings (SSSR count). The number of fused-ring (bicyclic) bond motifs is 1. The van der Waals surface area contributed by atoms with Gasteiger partial charge in [-0.15, -0.1) is 11.3 Å². The number of thiophene rings is 1. The van der Waals surface area contributed by atoms with Crippen molar-refractivity contribution in [2.45, 2.75) is 6.54 Å². The Labute approximate surface area is 203 Å². The average Bonchev–Trinajstić information content (AvgIpc) is 3.23. The summed E-state index contributed by atoms with van der Waals surface area (Å²) in [6.45, 7) is 6.02. The summed E-state index contributed by atoms with van der Waals surface area (Å²) < 4.78 is 31.8. The van der Waals surface area contributed by atoms with E-state index in [2.05, 4.69) is 15.9 Å². The molecular weight excluding hydrogens is 474 g/mol. The zero-order valence-electron chi connectivity index (χ0n) is 19.1. The van der Waals surface area contributed by atoms with Gasteiger partial charge in [-0.1, -0.05) is 6.07 Å². The van der Waals surface area contributed by atoms with Crippen LogP contribution in [0.4, 0.5) is 17.2 Å². The third-order valence-corrected chi connectivity index (χ3v) is 8.68. The number of aromatic nitrogens is 2. The number of nitrogens with two attached hydrogens (primary N) is 2. The maximum absolute atomic E-state index is 11.8. The van der Waals surface area contributed by atoms with Gasteiger partial charge in [-0.3, -0.25) is 4.90 Å². The fraction of sp³-hybridized carbons (Fsp3) is 0.455. The molecule has 1 aromatic carbocycles. The molecule has 0 aliphatic carbocycles. The number of morpholine rings is 1. The molecule has 34 heavy (non-hydrogen) atoms. The minimum atomic E-state index is -3.14. The highest BCUT2D eigenvalue weighted by Gasteiger charge is 2.25. The van der Waals surface area contributed by atoms with Crippen molar-refractivity contribution < 1.29 is 13.2 Å². The predicted octanol–water partition coefficient (Wildman–Crippen LogP) is 1.44. The average molecular weight is 504 g/mol. The monoisotopic (exact) mass is 503 g/mol. The summed E-state index contributed by atoms with van der Waals surface area (Å²) in [5, 5.41) is 0. The van der Waals surface area contributed by atoms with Crippen LogP contribution in [0.3, 0.4) is 0 Å². The number of hydrogen-bond acceptors (Lipinski definition) is 10. The van der Waals surface area contributed by atoms with Gasteiger partial charge in [0.25, 0.3) is 0 Å². The molecule has 182 valence electrons. The van der Waals surface area contributed by atoms with E-state index in [4.69, 9.17) is 26.2 Å². The van der Waals surface area contributed by atoms with E-state index in [-0.39, 0.29) is 0 Å². The number of hydrogen-bond donors (Lipinski definition) is 2.